The van der Waals surface area contributed by atoms with Crippen LogP contribution in [0.2, 0.25) is 0 Å². The number of allylic oxidation sites excluding steroid dienone is 2. The van der Waals surface area contributed by atoms with Gasteiger partial charge in [0, 0.05) is 24.8 Å². The SMILES string of the molecule is C=Cc1c(N(C)CCCCC)cccc1-n1c(C2=CC(C)(CC)CC(O)C=C2O)n[nH]c1=S. The van der Waals surface area contributed by atoms with Gasteiger partial charge in [0.05, 0.1) is 17.4 Å². The number of unbranched alkanes of at least 4 members (excludes halogenated alkanes) is 2. The van der Waals surface area contributed by atoms with Crippen molar-refractivity contribution in [2.24, 2.45) is 5.41 Å². The van der Waals surface area contributed by atoms with Crippen molar-refractivity contribution < 1.29 is 10.2 Å². The number of aromatic nitrogens is 3. The average molecular weight is 469 g/mol. The second-order valence-electron chi connectivity index (χ2n) is 9.12. The number of H-pyrrole nitrogens is 1. The minimum atomic E-state index is -0.733. The number of aromatic amines is 1. The van der Waals surface area contributed by atoms with Gasteiger partial charge in [0.15, 0.2) is 10.6 Å². The first-order valence-electron chi connectivity index (χ1n) is 11.7. The van der Waals surface area contributed by atoms with Crippen LogP contribution in [0, 0.1) is 10.2 Å². The van der Waals surface area contributed by atoms with Crippen molar-refractivity contribution in [2.45, 2.75) is 59.0 Å². The second-order valence-corrected chi connectivity index (χ2v) is 9.51. The maximum Gasteiger partial charge on any atom is 0.200 e. The van der Waals surface area contributed by atoms with Crippen LogP contribution in [-0.4, -0.2) is 44.7 Å². The van der Waals surface area contributed by atoms with Crippen molar-refractivity contribution >= 4 is 29.6 Å². The Bertz CT molecular complexity index is 1110. The maximum absolute atomic E-state index is 10.9. The summed E-state index contributed by atoms with van der Waals surface area (Å²) in [5.41, 5.74) is 3.12. The molecule has 1 aromatic heterocycles. The van der Waals surface area contributed by atoms with E-state index >= 15 is 0 Å². The number of anilines is 1. The zero-order valence-electron chi connectivity index (χ0n) is 20.1. The molecule has 7 heteroatoms. The zero-order chi connectivity index (χ0) is 24.2. The maximum atomic E-state index is 10.9. The van der Waals surface area contributed by atoms with Gasteiger partial charge in [0.25, 0.3) is 0 Å². The second kappa shape index (κ2) is 10.5. The largest absolute Gasteiger partial charge is 0.507 e. The summed E-state index contributed by atoms with van der Waals surface area (Å²) >= 11 is 5.63. The third kappa shape index (κ3) is 5.31. The van der Waals surface area contributed by atoms with E-state index in [4.69, 9.17) is 12.2 Å². The highest BCUT2D eigenvalue weighted by atomic mass is 32.1. The standard InChI is InChI=1S/C26H36N4O2S/c1-6-9-10-14-29(5)21-12-11-13-22(19(21)7-2)30-24(27-28-25(30)33)20-17-26(4,8-3)16-18(31)15-23(20)32/h7,11-13,15,17-18,31-32H,2,6,8-10,14,16H2,1,3-5H3,(H,28,33). The Balaban J connectivity index is 2.17. The van der Waals surface area contributed by atoms with E-state index < -0.39 is 6.10 Å². The molecule has 0 amide bonds. The molecule has 1 heterocycles. The number of benzene rings is 1. The Morgan fingerprint density at radius 3 is 2.79 bits per heavy atom. The van der Waals surface area contributed by atoms with E-state index in [1.54, 1.807) is 0 Å². The molecule has 178 valence electrons. The number of hydrogen-bond acceptors (Lipinski definition) is 5. The normalized spacial score (nSPS) is 20.7. The van der Waals surface area contributed by atoms with Crippen molar-refractivity contribution in [1.82, 2.24) is 14.8 Å². The highest BCUT2D eigenvalue weighted by Crippen LogP contribution is 2.39. The summed E-state index contributed by atoms with van der Waals surface area (Å²) < 4.78 is 2.27. The lowest BCUT2D eigenvalue weighted by molar-refractivity contribution is 0.163. The predicted molar refractivity (Wildman–Crippen MR) is 139 cm³/mol. The van der Waals surface area contributed by atoms with Crippen LogP contribution >= 0.6 is 12.2 Å². The molecule has 1 aliphatic carbocycles. The topological polar surface area (TPSA) is 77.3 Å². The van der Waals surface area contributed by atoms with E-state index in [9.17, 15) is 10.2 Å². The lowest BCUT2D eigenvalue weighted by atomic mass is 9.81. The number of rotatable bonds is 9. The first-order chi connectivity index (χ1) is 15.7. The fourth-order valence-corrected chi connectivity index (χ4v) is 4.64. The van der Waals surface area contributed by atoms with Gasteiger partial charge < -0.3 is 15.1 Å². The average Bonchev–Trinajstić information content (AvgIpc) is 3.11. The number of nitrogens with one attached hydrogen (secondary N) is 1. The van der Waals surface area contributed by atoms with Crippen LogP contribution in [0.5, 0.6) is 0 Å². The van der Waals surface area contributed by atoms with E-state index in [0.29, 0.717) is 22.6 Å². The summed E-state index contributed by atoms with van der Waals surface area (Å²) in [6, 6.07) is 6.08. The molecule has 2 aromatic rings. The van der Waals surface area contributed by atoms with Crippen molar-refractivity contribution in [3.8, 4) is 5.69 Å². The quantitative estimate of drug-likeness (QED) is 0.301. The predicted octanol–water partition coefficient (Wildman–Crippen LogP) is 6.21. The van der Waals surface area contributed by atoms with E-state index in [0.717, 1.165) is 36.3 Å². The lowest BCUT2D eigenvalue weighted by Crippen LogP contribution is -2.20. The molecule has 0 bridgehead atoms. The molecule has 6 nitrogen and oxygen atoms in total. The smallest absolute Gasteiger partial charge is 0.200 e. The van der Waals surface area contributed by atoms with Gasteiger partial charge in [-0.1, -0.05) is 58.4 Å². The van der Waals surface area contributed by atoms with E-state index in [2.05, 4.69) is 55.6 Å². The molecule has 0 saturated heterocycles. The molecular weight excluding hydrogens is 432 g/mol. The molecule has 33 heavy (non-hydrogen) atoms. The van der Waals surface area contributed by atoms with Gasteiger partial charge >= 0.3 is 0 Å². The number of nitrogens with zero attached hydrogens (tertiary/aromatic N) is 3. The summed E-state index contributed by atoms with van der Waals surface area (Å²) in [4.78, 5) is 2.24. The van der Waals surface area contributed by atoms with Crippen molar-refractivity contribution in [3.05, 3.63) is 58.8 Å². The van der Waals surface area contributed by atoms with Gasteiger partial charge in [-0.15, -0.1) is 0 Å². The minimum absolute atomic E-state index is 0.00270. The lowest BCUT2D eigenvalue weighted by Gasteiger charge is -2.25. The Morgan fingerprint density at radius 1 is 1.36 bits per heavy atom. The Morgan fingerprint density at radius 2 is 2.12 bits per heavy atom. The third-order valence-corrected chi connectivity index (χ3v) is 6.80. The molecule has 0 saturated carbocycles. The Hall–Kier alpha value is -2.64. The number of hydrogen-bond donors (Lipinski definition) is 3. The number of aliphatic hydroxyl groups is 2. The highest BCUT2D eigenvalue weighted by Gasteiger charge is 2.30. The summed E-state index contributed by atoms with van der Waals surface area (Å²) in [5.74, 6) is 0.513. The fraction of sp³-hybridized carbons (Fsp3) is 0.462. The molecule has 1 aromatic carbocycles. The van der Waals surface area contributed by atoms with E-state index in [1.807, 2.05) is 28.9 Å². The minimum Gasteiger partial charge on any atom is -0.507 e. The van der Waals surface area contributed by atoms with Gasteiger partial charge in [-0.25, -0.2) is 0 Å². The van der Waals surface area contributed by atoms with E-state index in [1.165, 1.54) is 18.9 Å². The number of aliphatic hydroxyl groups excluding tert-OH is 2. The highest BCUT2D eigenvalue weighted by molar-refractivity contribution is 7.71. The van der Waals surface area contributed by atoms with Crippen LogP contribution in [0.4, 0.5) is 5.69 Å². The molecule has 0 fully saturated rings. The Labute approximate surface area is 202 Å². The first kappa shape index (κ1) is 25.0. The summed E-state index contributed by atoms with van der Waals surface area (Å²) in [6.07, 6.45) is 9.42. The van der Waals surface area contributed by atoms with Gasteiger partial charge in [0.2, 0.25) is 0 Å². The Kier molecular flexibility index (Phi) is 7.97. The van der Waals surface area contributed by atoms with Gasteiger partial charge in [-0.3, -0.25) is 9.67 Å². The van der Waals surface area contributed by atoms with Crippen LogP contribution in [0.1, 0.15) is 64.3 Å². The monoisotopic (exact) mass is 468 g/mol. The molecule has 0 aliphatic heterocycles. The van der Waals surface area contributed by atoms with Crippen molar-refractivity contribution in [1.29, 1.82) is 0 Å². The van der Waals surface area contributed by atoms with Crippen LogP contribution in [-0.2, 0) is 0 Å². The van der Waals surface area contributed by atoms with Gasteiger partial charge in [-0.05, 0) is 55.1 Å². The van der Waals surface area contributed by atoms with Crippen LogP contribution in [0.3, 0.4) is 0 Å². The molecule has 2 atom stereocenters. The van der Waals surface area contributed by atoms with Gasteiger partial charge in [-0.2, -0.15) is 5.10 Å². The summed E-state index contributed by atoms with van der Waals surface area (Å²) in [7, 11) is 2.09. The first-order valence-corrected chi connectivity index (χ1v) is 12.1. The van der Waals surface area contributed by atoms with Crippen molar-refractivity contribution in [2.75, 3.05) is 18.5 Å². The zero-order valence-corrected chi connectivity index (χ0v) is 21.0. The van der Waals surface area contributed by atoms with E-state index in [-0.39, 0.29) is 11.2 Å². The molecule has 2 unspecified atom stereocenters. The van der Waals surface area contributed by atoms with Crippen LogP contribution < -0.4 is 4.90 Å². The molecule has 0 radical (unpaired) electrons. The molecule has 1 aliphatic rings. The van der Waals surface area contributed by atoms with Gasteiger partial charge in [0.1, 0.15) is 5.76 Å². The van der Waals surface area contributed by atoms with Crippen LogP contribution in [0.15, 0.2) is 42.7 Å². The molecular formula is C26H36N4O2S. The third-order valence-electron chi connectivity index (χ3n) is 6.53. The van der Waals surface area contributed by atoms with Crippen LogP contribution in [0.25, 0.3) is 17.3 Å². The summed E-state index contributed by atoms with van der Waals surface area (Å²) in [5, 5.41) is 28.7. The molecule has 3 N–H and O–H groups in total. The summed E-state index contributed by atoms with van der Waals surface area (Å²) in [6.45, 7) is 11.4. The molecule has 3 rings (SSSR count). The van der Waals surface area contributed by atoms with Crippen molar-refractivity contribution in [3.63, 3.8) is 0 Å². The molecule has 0 spiro atoms. The fourth-order valence-electron chi connectivity index (χ4n) is 4.41.